The molecule has 1 fully saturated rings. The minimum absolute atomic E-state index is 0.0147. The molecule has 23 heteroatoms. The van der Waals surface area contributed by atoms with E-state index >= 15 is 0 Å². The van der Waals surface area contributed by atoms with Gasteiger partial charge in [-0.1, -0.05) is 76.6 Å². The molecular formula is C50H73N13O10. The molecule has 3 aromatic rings. The van der Waals surface area contributed by atoms with Crippen LogP contribution < -0.4 is 43.4 Å². The number of rotatable bonds is 28. The molecule has 7 amide bonds. The first-order valence-electron chi connectivity index (χ1n) is 24.5. The van der Waals surface area contributed by atoms with Crippen LogP contribution in [0.15, 0.2) is 72.1 Å². The number of hydrogen-bond donors (Lipinski definition) is 11. The van der Waals surface area contributed by atoms with Crippen LogP contribution >= 0.6 is 0 Å². The van der Waals surface area contributed by atoms with Gasteiger partial charge in [-0.3, -0.25) is 38.6 Å². The van der Waals surface area contributed by atoms with Crippen molar-refractivity contribution in [1.82, 2.24) is 51.7 Å². The number of nitrogens with two attached hydrogens (primary N) is 2. The number of benzene rings is 2. The number of carbonyl (C=O) groups excluding carboxylic acids is 7. The molecule has 13 N–H and O–H groups in total. The molecule has 1 aliphatic heterocycles. The third-order valence-electron chi connectivity index (χ3n) is 12.8. The molecule has 0 spiro atoms. The Balaban J connectivity index is 1.61. The fourth-order valence-electron chi connectivity index (χ4n) is 8.43. The van der Waals surface area contributed by atoms with Gasteiger partial charge in [-0.15, -0.1) is 0 Å². The number of carboxylic acids is 1. The van der Waals surface area contributed by atoms with E-state index in [9.17, 15) is 48.6 Å². The maximum atomic E-state index is 14.8. The van der Waals surface area contributed by atoms with E-state index in [1.165, 1.54) is 41.5 Å². The number of likely N-dealkylation sites (tertiary alicyclic amines) is 1. The van der Waals surface area contributed by atoms with Crippen LogP contribution in [0.1, 0.15) is 76.6 Å². The van der Waals surface area contributed by atoms with Crippen molar-refractivity contribution in [2.24, 2.45) is 28.3 Å². The molecule has 2 aromatic carbocycles. The molecule has 1 aromatic heterocycles. The lowest BCUT2D eigenvalue weighted by atomic mass is 9.95. The van der Waals surface area contributed by atoms with E-state index in [1.54, 1.807) is 70.3 Å². The Kier molecular flexibility index (Phi) is 22.6. The molecule has 23 nitrogen and oxygen atoms in total. The van der Waals surface area contributed by atoms with Crippen LogP contribution in [-0.2, 0) is 57.6 Å². The van der Waals surface area contributed by atoms with Crippen LogP contribution in [0.3, 0.4) is 0 Å². The molecule has 0 aliphatic carbocycles. The van der Waals surface area contributed by atoms with E-state index in [4.69, 9.17) is 11.5 Å². The second kappa shape index (κ2) is 28.5. The Morgan fingerprint density at radius 2 is 1.51 bits per heavy atom. The van der Waals surface area contributed by atoms with E-state index in [0.717, 1.165) is 0 Å². The number of aliphatic carboxylic acids is 1. The number of aromatic nitrogens is 2. The largest absolute Gasteiger partial charge is 0.508 e. The molecule has 1 saturated heterocycles. The van der Waals surface area contributed by atoms with Crippen LogP contribution in [0.25, 0.3) is 0 Å². The maximum Gasteiger partial charge on any atom is 0.326 e. The molecule has 0 bridgehead atoms. The summed E-state index contributed by atoms with van der Waals surface area (Å²) in [5, 5.41) is 36.6. The van der Waals surface area contributed by atoms with Crippen LogP contribution in [0, 0.1) is 11.8 Å². The Morgan fingerprint density at radius 1 is 0.836 bits per heavy atom. The summed E-state index contributed by atoms with van der Waals surface area (Å²) < 4.78 is 0. The average molecular weight is 1020 g/mol. The van der Waals surface area contributed by atoms with Crippen LogP contribution in [-0.4, -0.2) is 159 Å². The van der Waals surface area contributed by atoms with Gasteiger partial charge in [-0.2, -0.15) is 0 Å². The van der Waals surface area contributed by atoms with E-state index in [1.807, 2.05) is 6.92 Å². The number of hydrogen-bond acceptors (Lipinski definition) is 12. The van der Waals surface area contributed by atoms with Crippen molar-refractivity contribution in [3.8, 4) is 5.75 Å². The van der Waals surface area contributed by atoms with Gasteiger partial charge in [0.2, 0.25) is 41.4 Å². The normalized spacial score (nSPS) is 16.1. The number of phenols is 1. The van der Waals surface area contributed by atoms with Gasteiger partial charge in [0.15, 0.2) is 5.96 Å². The number of likely N-dealkylation sites (N-methyl/N-ethyl adjacent to an activating group) is 2. The van der Waals surface area contributed by atoms with Crippen molar-refractivity contribution in [1.29, 1.82) is 0 Å². The number of H-pyrrole nitrogens is 1. The zero-order chi connectivity index (χ0) is 53.8. The Labute approximate surface area is 425 Å². The molecule has 8 atom stereocenters. The number of imidazole rings is 1. The van der Waals surface area contributed by atoms with Crippen molar-refractivity contribution < 1.29 is 48.6 Å². The highest BCUT2D eigenvalue weighted by atomic mass is 16.4. The number of aromatic hydroxyl groups is 1. The molecule has 2 heterocycles. The number of phenolic OH excluding ortho intramolecular Hbond substituents is 1. The number of carbonyl (C=O) groups is 8. The lowest BCUT2D eigenvalue weighted by molar-refractivity contribution is -0.145. The fourth-order valence-corrected chi connectivity index (χ4v) is 8.43. The molecule has 0 radical (unpaired) electrons. The van der Waals surface area contributed by atoms with Crippen LogP contribution in [0.5, 0.6) is 5.75 Å². The summed E-state index contributed by atoms with van der Waals surface area (Å²) >= 11 is 0. The first kappa shape index (κ1) is 58.0. The SMILES string of the molecule is CC[C@H](C)[C@H](NC(=O)[C@H](Cc1ccc(O)cc1)N(C)C(=O)[C@@H](NC(=O)[C@H](CCCN=C(N)N)NC(=O)CNC)C(C)C)C(=O)N[C@@H](Cc1cnc[nH]1)C(=O)N1CCCC1C(=O)N[C@@H](Cc1ccccc1)C(=O)O. The topological polar surface area (TPSA) is 349 Å². The zero-order valence-corrected chi connectivity index (χ0v) is 42.4. The maximum absolute atomic E-state index is 14.8. The van der Waals surface area contributed by atoms with Gasteiger partial charge in [0.1, 0.15) is 48.0 Å². The Hall–Kier alpha value is -7.56. The van der Waals surface area contributed by atoms with Crippen molar-refractivity contribution in [3.63, 3.8) is 0 Å². The van der Waals surface area contributed by atoms with Gasteiger partial charge in [-0.25, -0.2) is 9.78 Å². The number of aliphatic imine (C=N–C) groups is 1. The number of aromatic amines is 1. The molecule has 1 aliphatic rings. The second-order valence-electron chi connectivity index (χ2n) is 18.7. The third kappa shape index (κ3) is 17.6. The molecule has 73 heavy (non-hydrogen) atoms. The summed E-state index contributed by atoms with van der Waals surface area (Å²) in [5.74, 6) is -6.99. The lowest BCUT2D eigenvalue weighted by Gasteiger charge is -2.35. The van der Waals surface area contributed by atoms with Gasteiger partial charge in [-0.05, 0) is 67.8 Å². The highest BCUT2D eigenvalue weighted by molar-refractivity contribution is 5.98. The molecule has 398 valence electrons. The van der Waals surface area contributed by atoms with E-state index in [2.05, 4.69) is 46.9 Å². The Bertz CT molecular complexity index is 2350. The molecule has 4 rings (SSSR count). The van der Waals surface area contributed by atoms with Gasteiger partial charge in [0.25, 0.3) is 0 Å². The van der Waals surface area contributed by atoms with Gasteiger partial charge >= 0.3 is 5.97 Å². The van der Waals surface area contributed by atoms with E-state index in [-0.39, 0.29) is 63.4 Å². The molecule has 1 unspecified atom stereocenters. The minimum Gasteiger partial charge on any atom is -0.508 e. The van der Waals surface area contributed by atoms with Crippen molar-refractivity contribution >= 4 is 53.3 Å². The number of carboxylic acid groups (broad SMARTS) is 1. The van der Waals surface area contributed by atoms with Crippen LogP contribution in [0.2, 0.25) is 0 Å². The summed E-state index contributed by atoms with van der Waals surface area (Å²) in [7, 11) is 2.97. The number of amides is 7. The van der Waals surface area contributed by atoms with Crippen molar-refractivity contribution in [2.45, 2.75) is 121 Å². The number of guanidine groups is 1. The monoisotopic (exact) mass is 1020 g/mol. The van der Waals surface area contributed by atoms with E-state index in [0.29, 0.717) is 36.1 Å². The van der Waals surface area contributed by atoms with Gasteiger partial charge in [0, 0.05) is 51.3 Å². The first-order valence-corrected chi connectivity index (χ1v) is 24.5. The smallest absolute Gasteiger partial charge is 0.326 e. The minimum atomic E-state index is -1.30. The van der Waals surface area contributed by atoms with Gasteiger partial charge in [0.05, 0.1) is 12.9 Å². The predicted molar refractivity (Wildman–Crippen MR) is 271 cm³/mol. The number of nitrogens with one attached hydrogen (secondary N) is 7. The summed E-state index contributed by atoms with van der Waals surface area (Å²) in [6.45, 7) is 7.21. The summed E-state index contributed by atoms with van der Waals surface area (Å²) in [5.41, 5.74) is 12.6. The highest BCUT2D eigenvalue weighted by Crippen LogP contribution is 2.22. The fraction of sp³-hybridized carbons (Fsp3) is 0.520. The molecular weight excluding hydrogens is 943 g/mol. The Morgan fingerprint density at radius 3 is 2.11 bits per heavy atom. The highest BCUT2D eigenvalue weighted by Gasteiger charge is 2.41. The van der Waals surface area contributed by atoms with Gasteiger partial charge < -0.3 is 68.4 Å². The second-order valence-corrected chi connectivity index (χ2v) is 18.7. The average Bonchev–Trinajstić information content (AvgIpc) is 4.08. The zero-order valence-electron chi connectivity index (χ0n) is 42.4. The lowest BCUT2D eigenvalue weighted by Crippen LogP contribution is -2.62. The first-order chi connectivity index (χ1) is 34.7. The molecule has 0 saturated carbocycles. The quantitative estimate of drug-likeness (QED) is 0.0247. The number of nitrogens with zero attached hydrogens (tertiary/aromatic N) is 4. The van der Waals surface area contributed by atoms with E-state index < -0.39 is 101 Å². The summed E-state index contributed by atoms with van der Waals surface area (Å²) in [4.78, 5) is 125. The van der Waals surface area contributed by atoms with Crippen LogP contribution in [0.4, 0.5) is 0 Å². The third-order valence-corrected chi connectivity index (χ3v) is 12.8. The summed E-state index contributed by atoms with van der Waals surface area (Å²) in [6, 6.07) is 6.38. The standard InChI is InChI=1S/C50H73N13O10/c1-7-30(4)42(46(69)58-36(25-33-26-54-28-56-33)47(70)63-22-12-16-38(63)44(67)59-37(49(72)73)23-31-13-9-8-10-14-31)61-45(68)39(24-32-17-19-34(64)20-18-32)62(6)48(71)41(29(2)3)60-43(66)35(57-40(65)27-53-5)15-11-21-55-50(51)52/h8-10,13-14,17-20,26,28-30,35-39,41-42,53,64H,7,11-12,15-16,21-25,27H2,1-6H3,(H,54,56)(H,57,65)(H,58,69)(H,59,67)(H,60,66)(H,61,68)(H,72,73)(H4,51,52,55)/t30-,35-,36-,37-,38?,39-,41-,42-/m0/s1. The van der Waals surface area contributed by atoms with Crippen molar-refractivity contribution in [2.75, 3.05) is 33.7 Å². The summed E-state index contributed by atoms with van der Waals surface area (Å²) in [6.07, 6.45) is 4.24. The van der Waals surface area contributed by atoms with Crippen molar-refractivity contribution in [3.05, 3.63) is 83.9 Å². The predicted octanol–water partition coefficient (Wildman–Crippen LogP) is -0.555.